The number of nitrogens with two attached hydrogens (primary N) is 1. The second-order valence-corrected chi connectivity index (χ2v) is 7.12. The fourth-order valence-electron chi connectivity index (χ4n) is 3.11. The first-order chi connectivity index (χ1) is 8.78. The molecule has 4 heteroatoms. The van der Waals surface area contributed by atoms with Crippen LogP contribution in [0.1, 0.15) is 58.3 Å². The lowest BCUT2D eigenvalue weighted by atomic mass is 9.96. The van der Waals surface area contributed by atoms with Gasteiger partial charge in [-0.2, -0.15) is 11.8 Å². The van der Waals surface area contributed by atoms with Gasteiger partial charge in [-0.1, -0.05) is 26.2 Å². The smallest absolute Gasteiger partial charge is 0.189 e. The maximum atomic E-state index is 6.04. The van der Waals surface area contributed by atoms with Crippen LogP contribution in [0.4, 0.5) is 0 Å². The summed E-state index contributed by atoms with van der Waals surface area (Å²) >= 11 is 2.08. The standard InChI is InChI=1S/C14H27N3S/c1-2-18-13-9-8-12(10-13)17-14(15)16-11-6-4-3-5-7-11/h11-13H,2-10H2,1H3,(H3,15,16,17). The van der Waals surface area contributed by atoms with Crippen LogP contribution in [0.5, 0.6) is 0 Å². The predicted octanol–water partition coefficient (Wildman–Crippen LogP) is 2.90. The van der Waals surface area contributed by atoms with E-state index in [0.29, 0.717) is 18.0 Å². The SMILES string of the molecule is CCSC1CCC(NC(N)=NC2CCCCC2)C1. The zero-order valence-corrected chi connectivity index (χ0v) is 12.3. The molecule has 2 saturated carbocycles. The van der Waals surface area contributed by atoms with Crippen molar-refractivity contribution in [1.29, 1.82) is 0 Å². The van der Waals surface area contributed by atoms with Crippen LogP contribution in [0.25, 0.3) is 0 Å². The molecule has 2 aliphatic carbocycles. The van der Waals surface area contributed by atoms with Crippen molar-refractivity contribution in [2.24, 2.45) is 10.7 Å². The Morgan fingerprint density at radius 2 is 2.00 bits per heavy atom. The van der Waals surface area contributed by atoms with Crippen LogP contribution in [0, 0.1) is 0 Å². The van der Waals surface area contributed by atoms with Gasteiger partial charge in [0.2, 0.25) is 0 Å². The quantitative estimate of drug-likeness (QED) is 0.609. The fraction of sp³-hybridized carbons (Fsp3) is 0.929. The lowest BCUT2D eigenvalue weighted by molar-refractivity contribution is 0.441. The summed E-state index contributed by atoms with van der Waals surface area (Å²) < 4.78 is 0. The number of nitrogens with one attached hydrogen (secondary N) is 1. The molecule has 0 aromatic heterocycles. The maximum absolute atomic E-state index is 6.04. The number of aliphatic imine (C=N–C) groups is 1. The number of rotatable bonds is 4. The van der Waals surface area contributed by atoms with Crippen molar-refractivity contribution in [2.45, 2.75) is 75.6 Å². The summed E-state index contributed by atoms with van der Waals surface area (Å²) in [6.07, 6.45) is 10.3. The number of guanidine groups is 1. The molecular weight excluding hydrogens is 242 g/mol. The van der Waals surface area contributed by atoms with E-state index in [1.165, 1.54) is 57.1 Å². The molecule has 0 amide bonds. The Labute approximate surface area is 115 Å². The minimum Gasteiger partial charge on any atom is -0.370 e. The molecule has 0 spiro atoms. The molecule has 0 aliphatic heterocycles. The molecule has 2 rings (SSSR count). The van der Waals surface area contributed by atoms with Crippen molar-refractivity contribution >= 4 is 17.7 Å². The number of hydrogen-bond acceptors (Lipinski definition) is 2. The van der Waals surface area contributed by atoms with Crippen molar-refractivity contribution < 1.29 is 0 Å². The highest BCUT2D eigenvalue weighted by Crippen LogP contribution is 2.29. The molecule has 18 heavy (non-hydrogen) atoms. The van der Waals surface area contributed by atoms with E-state index in [4.69, 9.17) is 5.73 Å². The Balaban J connectivity index is 1.73. The summed E-state index contributed by atoms with van der Waals surface area (Å²) in [5, 5.41) is 4.26. The average Bonchev–Trinajstić information content (AvgIpc) is 2.78. The van der Waals surface area contributed by atoms with Crippen LogP contribution >= 0.6 is 11.8 Å². The Bertz CT molecular complexity index is 274. The molecule has 0 aromatic rings. The molecule has 0 bridgehead atoms. The first kappa shape index (κ1) is 14.0. The van der Waals surface area contributed by atoms with Crippen LogP contribution in [-0.4, -0.2) is 29.0 Å². The van der Waals surface area contributed by atoms with Crippen LogP contribution in [0.15, 0.2) is 4.99 Å². The monoisotopic (exact) mass is 269 g/mol. The minimum absolute atomic E-state index is 0.480. The van der Waals surface area contributed by atoms with E-state index in [-0.39, 0.29) is 0 Å². The Morgan fingerprint density at radius 1 is 1.22 bits per heavy atom. The Kier molecular flexibility index (Phi) is 5.67. The van der Waals surface area contributed by atoms with Gasteiger partial charge in [0, 0.05) is 11.3 Å². The van der Waals surface area contributed by atoms with Gasteiger partial charge in [-0.25, -0.2) is 0 Å². The molecule has 0 saturated heterocycles. The second-order valence-electron chi connectivity index (χ2n) is 5.54. The largest absolute Gasteiger partial charge is 0.370 e. The third-order valence-electron chi connectivity index (χ3n) is 4.04. The van der Waals surface area contributed by atoms with Gasteiger partial charge in [0.25, 0.3) is 0 Å². The van der Waals surface area contributed by atoms with Crippen LogP contribution in [-0.2, 0) is 0 Å². The van der Waals surface area contributed by atoms with Gasteiger partial charge in [-0.15, -0.1) is 0 Å². The molecule has 2 fully saturated rings. The fourth-order valence-corrected chi connectivity index (χ4v) is 4.25. The number of nitrogens with zero attached hydrogens (tertiary/aromatic N) is 1. The lowest BCUT2D eigenvalue weighted by Gasteiger charge is -2.20. The normalized spacial score (nSPS) is 30.6. The van der Waals surface area contributed by atoms with Gasteiger partial charge >= 0.3 is 0 Å². The molecular formula is C14H27N3S. The molecule has 104 valence electrons. The van der Waals surface area contributed by atoms with Gasteiger partial charge in [0.1, 0.15) is 0 Å². The van der Waals surface area contributed by atoms with Gasteiger partial charge in [0.05, 0.1) is 6.04 Å². The summed E-state index contributed by atoms with van der Waals surface area (Å²) in [5.74, 6) is 1.91. The third-order valence-corrected chi connectivity index (χ3v) is 5.27. The number of hydrogen-bond donors (Lipinski definition) is 2. The van der Waals surface area contributed by atoms with E-state index in [1.54, 1.807) is 0 Å². The lowest BCUT2D eigenvalue weighted by Crippen LogP contribution is -2.39. The first-order valence-corrected chi connectivity index (χ1v) is 8.54. The summed E-state index contributed by atoms with van der Waals surface area (Å²) in [6, 6.07) is 1.04. The van der Waals surface area contributed by atoms with Gasteiger partial charge in [0.15, 0.2) is 5.96 Å². The first-order valence-electron chi connectivity index (χ1n) is 7.49. The van der Waals surface area contributed by atoms with Crippen LogP contribution < -0.4 is 11.1 Å². The Hall–Kier alpha value is -0.380. The maximum Gasteiger partial charge on any atom is 0.189 e. The predicted molar refractivity (Wildman–Crippen MR) is 81.2 cm³/mol. The van der Waals surface area contributed by atoms with Crippen molar-refractivity contribution in [3.05, 3.63) is 0 Å². The molecule has 0 heterocycles. The molecule has 0 radical (unpaired) electrons. The van der Waals surface area contributed by atoms with Gasteiger partial charge < -0.3 is 11.1 Å². The van der Waals surface area contributed by atoms with E-state index in [2.05, 4.69) is 29.0 Å². The summed E-state index contributed by atoms with van der Waals surface area (Å²) in [4.78, 5) is 4.65. The van der Waals surface area contributed by atoms with Gasteiger partial charge in [-0.3, -0.25) is 4.99 Å². The highest BCUT2D eigenvalue weighted by molar-refractivity contribution is 7.99. The molecule has 3 N–H and O–H groups in total. The van der Waals surface area contributed by atoms with E-state index in [9.17, 15) is 0 Å². The molecule has 0 aromatic carbocycles. The second kappa shape index (κ2) is 7.27. The van der Waals surface area contributed by atoms with Gasteiger partial charge in [-0.05, 0) is 37.9 Å². The van der Waals surface area contributed by atoms with Crippen molar-refractivity contribution in [3.63, 3.8) is 0 Å². The van der Waals surface area contributed by atoms with E-state index in [0.717, 1.165) is 5.25 Å². The zero-order chi connectivity index (χ0) is 12.8. The van der Waals surface area contributed by atoms with Crippen molar-refractivity contribution in [3.8, 4) is 0 Å². The Morgan fingerprint density at radius 3 is 2.72 bits per heavy atom. The van der Waals surface area contributed by atoms with Crippen molar-refractivity contribution in [2.75, 3.05) is 5.75 Å². The summed E-state index contributed by atoms with van der Waals surface area (Å²) in [7, 11) is 0. The van der Waals surface area contributed by atoms with E-state index in [1.807, 2.05) is 0 Å². The van der Waals surface area contributed by atoms with Crippen molar-refractivity contribution in [1.82, 2.24) is 5.32 Å². The van der Waals surface area contributed by atoms with Crippen LogP contribution in [0.2, 0.25) is 0 Å². The van der Waals surface area contributed by atoms with Crippen LogP contribution in [0.3, 0.4) is 0 Å². The highest BCUT2D eigenvalue weighted by Gasteiger charge is 2.25. The zero-order valence-electron chi connectivity index (χ0n) is 11.5. The molecule has 2 atom stereocenters. The minimum atomic E-state index is 0.480. The highest BCUT2D eigenvalue weighted by atomic mass is 32.2. The summed E-state index contributed by atoms with van der Waals surface area (Å²) in [5.41, 5.74) is 6.04. The molecule has 2 aliphatic rings. The average molecular weight is 269 g/mol. The van der Waals surface area contributed by atoms with E-state index >= 15 is 0 Å². The number of thioether (sulfide) groups is 1. The topological polar surface area (TPSA) is 50.4 Å². The molecule has 3 nitrogen and oxygen atoms in total. The van der Waals surface area contributed by atoms with E-state index < -0.39 is 0 Å². The third kappa shape index (κ3) is 4.38. The molecule has 2 unspecified atom stereocenters. The summed E-state index contributed by atoms with van der Waals surface area (Å²) in [6.45, 7) is 2.24.